The molecule has 0 saturated heterocycles. The zero-order valence-electron chi connectivity index (χ0n) is 25.7. The number of methoxy groups -OCH3 is 6. The topological polar surface area (TPSA) is 61.9 Å². The molecule has 41 heavy (non-hydrogen) atoms. The first-order valence-electron chi connectivity index (χ1n) is 14.5. The maximum Gasteiger partial charge on any atom is 0.203 e. The van der Waals surface area contributed by atoms with Crippen LogP contribution in [0.2, 0.25) is 0 Å². The highest BCUT2D eigenvalue weighted by Gasteiger charge is 2.14. The van der Waals surface area contributed by atoms with Gasteiger partial charge in [0.2, 0.25) is 11.5 Å². The fourth-order valence-corrected chi connectivity index (χ4v) is 5.10. The van der Waals surface area contributed by atoms with Crippen LogP contribution >= 0.6 is 0 Å². The summed E-state index contributed by atoms with van der Waals surface area (Å²) in [4.78, 5) is 4.68. The SMILES string of the molecule is COc1cc(CCCCCN2C=CCN(CCCCCc3cc(OC)c(OC)c(OC)c3)C=C2)cc(OC)c1OC. The summed E-state index contributed by atoms with van der Waals surface area (Å²) in [5.41, 5.74) is 2.41. The van der Waals surface area contributed by atoms with Gasteiger partial charge in [-0.1, -0.05) is 12.8 Å². The Kier molecular flexibility index (Phi) is 13.4. The third-order valence-electron chi connectivity index (χ3n) is 7.35. The molecule has 8 nitrogen and oxygen atoms in total. The number of hydrogen-bond acceptors (Lipinski definition) is 8. The van der Waals surface area contributed by atoms with E-state index in [2.05, 4.69) is 34.5 Å². The van der Waals surface area contributed by atoms with Gasteiger partial charge in [-0.2, -0.15) is 0 Å². The molecule has 2 aromatic rings. The van der Waals surface area contributed by atoms with E-state index in [0.29, 0.717) is 34.5 Å². The van der Waals surface area contributed by atoms with Gasteiger partial charge in [-0.15, -0.1) is 0 Å². The van der Waals surface area contributed by atoms with Gasteiger partial charge < -0.3 is 38.2 Å². The van der Waals surface area contributed by atoms with Crippen molar-refractivity contribution in [3.63, 3.8) is 0 Å². The third kappa shape index (κ3) is 9.44. The number of nitrogens with zero attached hydrogens (tertiary/aromatic N) is 2. The minimum Gasteiger partial charge on any atom is -0.493 e. The number of unbranched alkanes of at least 4 members (excludes halogenated alkanes) is 4. The van der Waals surface area contributed by atoms with E-state index in [-0.39, 0.29) is 0 Å². The molecule has 1 aliphatic heterocycles. The van der Waals surface area contributed by atoms with E-state index >= 15 is 0 Å². The van der Waals surface area contributed by atoms with Gasteiger partial charge >= 0.3 is 0 Å². The molecule has 8 heteroatoms. The van der Waals surface area contributed by atoms with E-state index in [0.717, 1.165) is 64.6 Å². The molecular formula is C33H48N2O6. The van der Waals surface area contributed by atoms with Crippen LogP contribution in [-0.2, 0) is 12.8 Å². The smallest absolute Gasteiger partial charge is 0.203 e. The predicted molar refractivity (Wildman–Crippen MR) is 164 cm³/mol. The van der Waals surface area contributed by atoms with E-state index < -0.39 is 0 Å². The fourth-order valence-electron chi connectivity index (χ4n) is 5.10. The Balaban J connectivity index is 1.34. The lowest BCUT2D eigenvalue weighted by Gasteiger charge is -2.18. The minimum absolute atomic E-state index is 0.642. The Bertz CT molecular complexity index is 1080. The molecule has 0 unspecified atom stereocenters. The summed E-state index contributed by atoms with van der Waals surface area (Å²) in [6, 6.07) is 8.19. The van der Waals surface area contributed by atoms with Crippen molar-refractivity contribution in [2.45, 2.75) is 51.4 Å². The molecule has 0 N–H and O–H groups in total. The largest absolute Gasteiger partial charge is 0.493 e. The summed E-state index contributed by atoms with van der Waals surface area (Å²) in [7, 11) is 9.89. The Morgan fingerprint density at radius 2 is 0.976 bits per heavy atom. The van der Waals surface area contributed by atoms with Gasteiger partial charge in [0.05, 0.1) is 42.7 Å². The molecule has 2 aromatic carbocycles. The predicted octanol–water partition coefficient (Wildman–Crippen LogP) is 6.47. The van der Waals surface area contributed by atoms with Crippen LogP contribution in [0.1, 0.15) is 49.7 Å². The van der Waals surface area contributed by atoms with Crippen LogP contribution in [0.4, 0.5) is 0 Å². The van der Waals surface area contributed by atoms with Crippen molar-refractivity contribution in [3.05, 3.63) is 60.1 Å². The molecule has 0 atom stereocenters. The summed E-state index contributed by atoms with van der Waals surface area (Å²) in [6.07, 6.45) is 17.7. The number of aryl methyl sites for hydroxylation is 2. The van der Waals surface area contributed by atoms with Crippen LogP contribution in [0.5, 0.6) is 34.5 Å². The van der Waals surface area contributed by atoms with Crippen molar-refractivity contribution >= 4 is 0 Å². The summed E-state index contributed by atoms with van der Waals surface area (Å²) in [6.45, 7) is 3.02. The van der Waals surface area contributed by atoms with Crippen LogP contribution < -0.4 is 28.4 Å². The molecular weight excluding hydrogens is 520 g/mol. The lowest BCUT2D eigenvalue weighted by Crippen LogP contribution is -2.18. The molecule has 0 fully saturated rings. The first-order valence-corrected chi connectivity index (χ1v) is 14.5. The van der Waals surface area contributed by atoms with Gasteiger partial charge in [-0.05, 0) is 80.0 Å². The molecule has 0 spiro atoms. The normalized spacial score (nSPS) is 12.7. The van der Waals surface area contributed by atoms with E-state index in [1.165, 1.54) is 17.5 Å². The van der Waals surface area contributed by atoms with Crippen molar-refractivity contribution in [2.24, 2.45) is 0 Å². The molecule has 1 aliphatic rings. The Hall–Kier alpha value is -3.68. The number of rotatable bonds is 18. The van der Waals surface area contributed by atoms with Crippen LogP contribution in [0.25, 0.3) is 0 Å². The zero-order valence-corrected chi connectivity index (χ0v) is 25.7. The van der Waals surface area contributed by atoms with Gasteiger partial charge in [0.1, 0.15) is 0 Å². The minimum atomic E-state index is 0.642. The average Bonchev–Trinajstić information content (AvgIpc) is 3.24. The second kappa shape index (κ2) is 17.2. The number of ether oxygens (including phenoxy) is 6. The van der Waals surface area contributed by atoms with E-state index in [4.69, 9.17) is 28.4 Å². The van der Waals surface area contributed by atoms with E-state index in [1.54, 1.807) is 42.7 Å². The summed E-state index contributed by atoms with van der Waals surface area (Å²) >= 11 is 0. The van der Waals surface area contributed by atoms with Crippen molar-refractivity contribution in [3.8, 4) is 34.5 Å². The van der Waals surface area contributed by atoms with Gasteiger partial charge in [0.15, 0.2) is 23.0 Å². The lowest BCUT2D eigenvalue weighted by molar-refractivity contribution is 0.323. The second-order valence-electron chi connectivity index (χ2n) is 10.1. The highest BCUT2D eigenvalue weighted by molar-refractivity contribution is 5.54. The molecule has 3 rings (SSSR count). The molecule has 0 bridgehead atoms. The molecule has 0 amide bonds. The van der Waals surface area contributed by atoms with Crippen LogP contribution in [0.3, 0.4) is 0 Å². The summed E-state index contributed by atoms with van der Waals surface area (Å²) in [5.74, 6) is 4.14. The van der Waals surface area contributed by atoms with Crippen LogP contribution in [0.15, 0.2) is 48.9 Å². The highest BCUT2D eigenvalue weighted by Crippen LogP contribution is 2.39. The van der Waals surface area contributed by atoms with Crippen molar-refractivity contribution in [2.75, 3.05) is 62.3 Å². The van der Waals surface area contributed by atoms with Crippen LogP contribution in [0, 0.1) is 0 Å². The third-order valence-corrected chi connectivity index (χ3v) is 7.35. The van der Waals surface area contributed by atoms with Gasteiger partial charge in [-0.3, -0.25) is 0 Å². The maximum absolute atomic E-state index is 5.48. The first-order chi connectivity index (χ1) is 20.1. The van der Waals surface area contributed by atoms with Gasteiger partial charge in [-0.25, -0.2) is 0 Å². The Morgan fingerprint density at radius 1 is 0.512 bits per heavy atom. The molecule has 0 aliphatic carbocycles. The maximum atomic E-state index is 5.48. The van der Waals surface area contributed by atoms with Crippen molar-refractivity contribution < 1.29 is 28.4 Å². The molecule has 0 saturated carbocycles. The quantitative estimate of drug-likeness (QED) is 0.190. The summed E-state index contributed by atoms with van der Waals surface area (Å²) in [5, 5.41) is 0. The second-order valence-corrected chi connectivity index (χ2v) is 10.1. The fraction of sp³-hybridized carbons (Fsp3) is 0.515. The molecule has 226 valence electrons. The van der Waals surface area contributed by atoms with Gasteiger partial charge in [0, 0.05) is 38.2 Å². The number of hydrogen-bond donors (Lipinski definition) is 0. The zero-order chi connectivity index (χ0) is 29.5. The Morgan fingerprint density at radius 3 is 1.41 bits per heavy atom. The van der Waals surface area contributed by atoms with Crippen molar-refractivity contribution in [1.29, 1.82) is 0 Å². The summed E-state index contributed by atoms with van der Waals surface area (Å²) < 4.78 is 32.8. The Labute approximate surface area is 246 Å². The van der Waals surface area contributed by atoms with E-state index in [9.17, 15) is 0 Å². The molecule has 0 radical (unpaired) electrons. The van der Waals surface area contributed by atoms with Crippen LogP contribution in [-0.4, -0.2) is 72.1 Å². The molecule has 1 heterocycles. The van der Waals surface area contributed by atoms with Gasteiger partial charge in [0.25, 0.3) is 0 Å². The van der Waals surface area contributed by atoms with Crippen molar-refractivity contribution in [1.82, 2.24) is 9.80 Å². The average molecular weight is 569 g/mol. The highest BCUT2D eigenvalue weighted by atomic mass is 16.5. The van der Waals surface area contributed by atoms with E-state index in [1.807, 2.05) is 24.3 Å². The standard InChI is InChI=1S/C33H48N2O6/c1-36-28-22-26(23-29(37-2)32(28)40-5)14-9-7-11-16-34-18-13-19-35(21-20-34)17-12-8-10-15-27-24-30(38-3)33(41-6)31(25-27)39-4/h13,18,20-25H,7-12,14-17,19H2,1-6H3. The molecule has 0 aromatic heterocycles. The first kappa shape index (κ1) is 31.8. The lowest BCUT2D eigenvalue weighted by atomic mass is 10.1. The monoisotopic (exact) mass is 568 g/mol. The number of benzene rings is 2.